The Morgan fingerprint density at radius 1 is 0.857 bits per heavy atom. The van der Waals surface area contributed by atoms with Crippen molar-refractivity contribution in [2.45, 2.75) is 0 Å². The monoisotopic (exact) mass is 276 g/mol. The van der Waals surface area contributed by atoms with E-state index in [0.29, 0.717) is 16.8 Å². The molecule has 2 aromatic carbocycles. The van der Waals surface area contributed by atoms with E-state index in [1.807, 2.05) is 12.1 Å². The van der Waals surface area contributed by atoms with E-state index in [4.69, 9.17) is 0 Å². The summed E-state index contributed by atoms with van der Waals surface area (Å²) in [5.74, 6) is -0.309. The van der Waals surface area contributed by atoms with Crippen LogP contribution in [0.3, 0.4) is 0 Å². The molecule has 2 aromatic heterocycles. The number of rotatable bonds is 1. The van der Waals surface area contributed by atoms with Gasteiger partial charge < -0.3 is 0 Å². The zero-order valence-electron chi connectivity index (χ0n) is 10.9. The van der Waals surface area contributed by atoms with E-state index in [1.165, 1.54) is 6.07 Å². The molecular weight excluding hydrogens is 267 g/mol. The van der Waals surface area contributed by atoms with Crippen molar-refractivity contribution in [1.29, 1.82) is 0 Å². The van der Waals surface area contributed by atoms with Crippen molar-refractivity contribution in [3.63, 3.8) is 0 Å². The van der Waals surface area contributed by atoms with Gasteiger partial charge in [0.2, 0.25) is 0 Å². The molecule has 0 radical (unpaired) electrons. The summed E-state index contributed by atoms with van der Waals surface area (Å²) in [6.07, 6.45) is 4.83. The van der Waals surface area contributed by atoms with Crippen LogP contribution in [0.5, 0.6) is 0 Å². The normalized spacial score (nSPS) is 11.1. The maximum Gasteiger partial charge on any atom is 0.132 e. The fourth-order valence-electron chi connectivity index (χ4n) is 2.44. The number of nitrogens with zero attached hydrogens (tertiary/aromatic N) is 4. The Morgan fingerprint density at radius 2 is 1.71 bits per heavy atom. The van der Waals surface area contributed by atoms with Gasteiger partial charge in [-0.15, -0.1) is 0 Å². The van der Waals surface area contributed by atoms with Crippen molar-refractivity contribution in [2.24, 2.45) is 0 Å². The minimum Gasteiger partial charge on any atom is -0.254 e. The molecule has 100 valence electrons. The zero-order valence-corrected chi connectivity index (χ0v) is 10.9. The molecule has 4 nitrogen and oxygen atoms in total. The van der Waals surface area contributed by atoms with Crippen molar-refractivity contribution >= 4 is 21.8 Å². The molecule has 0 aliphatic heterocycles. The number of aromatic nitrogens is 4. The summed E-state index contributed by atoms with van der Waals surface area (Å²) in [4.78, 5) is 8.74. The van der Waals surface area contributed by atoms with E-state index < -0.39 is 0 Å². The molecule has 0 saturated carbocycles. The van der Waals surface area contributed by atoms with Crippen LogP contribution < -0.4 is 0 Å². The van der Waals surface area contributed by atoms with E-state index in [9.17, 15) is 4.39 Å². The van der Waals surface area contributed by atoms with Gasteiger partial charge in [-0.2, -0.15) is 10.2 Å². The van der Waals surface area contributed by atoms with Crippen LogP contribution in [-0.2, 0) is 0 Å². The third-order valence-electron chi connectivity index (χ3n) is 3.40. The first-order valence-corrected chi connectivity index (χ1v) is 6.44. The molecule has 0 atom stereocenters. The quantitative estimate of drug-likeness (QED) is 0.535. The summed E-state index contributed by atoms with van der Waals surface area (Å²) < 4.78 is 14.1. The summed E-state index contributed by atoms with van der Waals surface area (Å²) in [6.45, 7) is 0. The number of benzene rings is 2. The zero-order chi connectivity index (χ0) is 14.2. The van der Waals surface area contributed by atoms with Gasteiger partial charge in [0.25, 0.3) is 0 Å². The van der Waals surface area contributed by atoms with Crippen molar-refractivity contribution in [3.05, 3.63) is 60.8 Å². The lowest BCUT2D eigenvalue weighted by Crippen LogP contribution is -1.87. The standard InChI is InChI=1S/C16H9FN4/c17-13-4-2-1-3-10(13)15-11-5-6-14-12(9-20-21-14)16(11)19-8-7-18-15/h1-9H. The van der Waals surface area contributed by atoms with E-state index >= 15 is 0 Å². The predicted molar refractivity (Wildman–Crippen MR) is 78.0 cm³/mol. The summed E-state index contributed by atoms with van der Waals surface area (Å²) in [7, 11) is 0. The Bertz CT molecular complexity index is 968. The third-order valence-corrected chi connectivity index (χ3v) is 3.40. The van der Waals surface area contributed by atoms with Gasteiger partial charge in [0.1, 0.15) is 5.82 Å². The van der Waals surface area contributed by atoms with Crippen LogP contribution in [0.4, 0.5) is 4.39 Å². The maximum absolute atomic E-state index is 14.1. The van der Waals surface area contributed by atoms with Gasteiger partial charge in [-0.05, 0) is 24.3 Å². The van der Waals surface area contributed by atoms with Crippen LogP contribution in [-0.4, -0.2) is 20.2 Å². The van der Waals surface area contributed by atoms with Crippen LogP contribution in [0.2, 0.25) is 0 Å². The van der Waals surface area contributed by atoms with Gasteiger partial charge in [-0.1, -0.05) is 12.1 Å². The van der Waals surface area contributed by atoms with E-state index in [0.717, 1.165) is 16.3 Å². The van der Waals surface area contributed by atoms with Crippen LogP contribution >= 0.6 is 0 Å². The molecule has 0 unspecified atom stereocenters. The molecule has 0 saturated heterocycles. The topological polar surface area (TPSA) is 51.6 Å². The highest BCUT2D eigenvalue weighted by Crippen LogP contribution is 2.30. The Labute approximate surface area is 119 Å². The first-order valence-electron chi connectivity index (χ1n) is 6.44. The Balaban J connectivity index is 2.18. The molecule has 0 fully saturated rings. The van der Waals surface area contributed by atoms with Gasteiger partial charge >= 0.3 is 0 Å². The van der Waals surface area contributed by atoms with Gasteiger partial charge in [-0.3, -0.25) is 9.97 Å². The molecule has 4 aromatic rings. The molecule has 0 aliphatic carbocycles. The van der Waals surface area contributed by atoms with Crippen molar-refractivity contribution in [3.8, 4) is 11.3 Å². The highest BCUT2D eigenvalue weighted by molar-refractivity contribution is 6.07. The number of fused-ring (bicyclic) bond motifs is 3. The first kappa shape index (κ1) is 11.8. The minimum absolute atomic E-state index is 0.309. The summed E-state index contributed by atoms with van der Waals surface area (Å²) in [5, 5.41) is 9.54. The molecule has 0 aliphatic rings. The number of hydrogen-bond acceptors (Lipinski definition) is 4. The molecule has 2 heterocycles. The van der Waals surface area contributed by atoms with Crippen LogP contribution in [0, 0.1) is 5.82 Å². The Morgan fingerprint density at radius 3 is 2.62 bits per heavy atom. The molecule has 21 heavy (non-hydrogen) atoms. The summed E-state index contributed by atoms with van der Waals surface area (Å²) in [5.41, 5.74) is 2.49. The van der Waals surface area contributed by atoms with Gasteiger partial charge in [0, 0.05) is 28.7 Å². The van der Waals surface area contributed by atoms with Gasteiger partial charge in [-0.25, -0.2) is 4.39 Å². The van der Waals surface area contributed by atoms with Crippen molar-refractivity contribution < 1.29 is 4.39 Å². The largest absolute Gasteiger partial charge is 0.254 e. The molecule has 0 amide bonds. The van der Waals surface area contributed by atoms with Crippen molar-refractivity contribution in [2.75, 3.05) is 0 Å². The molecule has 4 rings (SSSR count). The average molecular weight is 276 g/mol. The summed E-state index contributed by atoms with van der Waals surface area (Å²) >= 11 is 0. The van der Waals surface area contributed by atoms with Crippen molar-refractivity contribution in [1.82, 2.24) is 20.2 Å². The molecule has 0 spiro atoms. The van der Waals surface area contributed by atoms with E-state index in [-0.39, 0.29) is 5.82 Å². The predicted octanol–water partition coefficient (Wildman–Crippen LogP) is 3.38. The lowest BCUT2D eigenvalue weighted by atomic mass is 10.1. The lowest BCUT2D eigenvalue weighted by Gasteiger charge is -2.03. The molecule has 0 bridgehead atoms. The third kappa shape index (κ3) is 1.82. The average Bonchev–Trinajstić information content (AvgIpc) is 2.88. The molecule has 0 N–H and O–H groups in total. The fraction of sp³-hybridized carbons (Fsp3) is 0. The number of hydrogen-bond donors (Lipinski definition) is 0. The smallest absolute Gasteiger partial charge is 0.132 e. The first-order chi connectivity index (χ1) is 10.3. The Kier molecular flexibility index (Phi) is 2.57. The second-order valence-electron chi connectivity index (χ2n) is 4.62. The van der Waals surface area contributed by atoms with Gasteiger partial charge in [0.05, 0.1) is 22.9 Å². The second kappa shape index (κ2) is 4.56. The SMILES string of the molecule is Fc1ccccc1-c1nccnc2c1ccc1nncc12. The van der Waals surface area contributed by atoms with Crippen LogP contribution in [0.25, 0.3) is 33.1 Å². The fourth-order valence-corrected chi connectivity index (χ4v) is 2.44. The lowest BCUT2D eigenvalue weighted by molar-refractivity contribution is 0.631. The van der Waals surface area contributed by atoms with E-state index in [2.05, 4.69) is 20.2 Å². The second-order valence-corrected chi connectivity index (χ2v) is 4.62. The number of halogens is 1. The van der Waals surface area contributed by atoms with Crippen LogP contribution in [0.15, 0.2) is 55.0 Å². The van der Waals surface area contributed by atoms with Crippen LogP contribution in [0.1, 0.15) is 0 Å². The molecular formula is C16H9FN4. The highest BCUT2D eigenvalue weighted by Gasteiger charge is 2.12. The van der Waals surface area contributed by atoms with E-state index in [1.54, 1.807) is 36.8 Å². The summed E-state index contributed by atoms with van der Waals surface area (Å²) in [6, 6.07) is 10.3. The van der Waals surface area contributed by atoms with Gasteiger partial charge in [0.15, 0.2) is 0 Å². The highest BCUT2D eigenvalue weighted by atomic mass is 19.1. The molecule has 5 heteroatoms. The Hall–Kier alpha value is -2.95. The minimum atomic E-state index is -0.309. The maximum atomic E-state index is 14.1.